The lowest BCUT2D eigenvalue weighted by molar-refractivity contribution is -0.137. The summed E-state index contributed by atoms with van der Waals surface area (Å²) in [7, 11) is 0. The number of hydrogen-bond donors (Lipinski definition) is 1. The molecule has 0 aromatic heterocycles. The first-order valence-electron chi connectivity index (χ1n) is 10.5. The molecule has 0 aromatic carbocycles. The largest absolute Gasteiger partial charge is 0.481 e. The highest BCUT2D eigenvalue weighted by Crippen LogP contribution is 2.36. The summed E-state index contributed by atoms with van der Waals surface area (Å²) in [6.45, 7) is 2.26. The number of carbonyl (C=O) groups is 2. The fourth-order valence-electron chi connectivity index (χ4n) is 3.71. The molecule has 0 amide bonds. The Balaban J connectivity index is 2.06. The van der Waals surface area contributed by atoms with Crippen molar-refractivity contribution in [1.82, 2.24) is 0 Å². The molecule has 0 spiro atoms. The summed E-state index contributed by atoms with van der Waals surface area (Å²) < 4.78 is 0. The quantitative estimate of drug-likeness (QED) is 0.327. The summed E-state index contributed by atoms with van der Waals surface area (Å²) >= 11 is 2.04. The van der Waals surface area contributed by atoms with Gasteiger partial charge in [0.2, 0.25) is 0 Å². The molecule has 1 aliphatic carbocycles. The van der Waals surface area contributed by atoms with Gasteiger partial charge in [-0.1, -0.05) is 64.7 Å². The Morgan fingerprint density at radius 2 is 1.64 bits per heavy atom. The molecule has 2 unspecified atom stereocenters. The first-order chi connectivity index (χ1) is 12.1. The van der Waals surface area contributed by atoms with Gasteiger partial charge in [0.05, 0.1) is 0 Å². The first-order valence-corrected chi connectivity index (χ1v) is 11.6. The smallest absolute Gasteiger partial charge is 0.303 e. The number of rotatable bonds is 16. The average Bonchev–Trinajstić information content (AvgIpc) is 2.93. The van der Waals surface area contributed by atoms with Crippen molar-refractivity contribution in [3.8, 4) is 0 Å². The maximum absolute atomic E-state index is 12.1. The van der Waals surface area contributed by atoms with Crippen molar-refractivity contribution in [3.63, 3.8) is 0 Å². The molecule has 0 bridgehead atoms. The maximum Gasteiger partial charge on any atom is 0.303 e. The highest BCUT2D eigenvalue weighted by atomic mass is 32.2. The number of hydrogen-bond acceptors (Lipinski definition) is 3. The molecule has 25 heavy (non-hydrogen) atoms. The first kappa shape index (κ1) is 22.5. The highest BCUT2D eigenvalue weighted by molar-refractivity contribution is 7.99. The molecule has 1 saturated carbocycles. The summed E-state index contributed by atoms with van der Waals surface area (Å²) in [5.41, 5.74) is 0. The molecule has 3 nitrogen and oxygen atoms in total. The van der Waals surface area contributed by atoms with Crippen LogP contribution in [0.2, 0.25) is 0 Å². The van der Waals surface area contributed by atoms with E-state index in [4.69, 9.17) is 5.11 Å². The fourth-order valence-corrected chi connectivity index (χ4v) is 5.19. The van der Waals surface area contributed by atoms with Crippen LogP contribution in [0.4, 0.5) is 0 Å². The Kier molecular flexibility index (Phi) is 13.2. The van der Waals surface area contributed by atoms with Gasteiger partial charge in [-0.25, -0.2) is 0 Å². The predicted octanol–water partition coefficient (Wildman–Crippen LogP) is 6.24. The predicted molar refractivity (Wildman–Crippen MR) is 107 cm³/mol. The van der Waals surface area contributed by atoms with Gasteiger partial charge in [0.25, 0.3) is 0 Å². The summed E-state index contributed by atoms with van der Waals surface area (Å²) in [4.78, 5) is 22.6. The third kappa shape index (κ3) is 10.9. The van der Waals surface area contributed by atoms with E-state index in [2.05, 4.69) is 6.92 Å². The van der Waals surface area contributed by atoms with Crippen molar-refractivity contribution in [3.05, 3.63) is 0 Å². The van der Waals surface area contributed by atoms with Crippen LogP contribution in [0.15, 0.2) is 0 Å². The van der Waals surface area contributed by atoms with Gasteiger partial charge >= 0.3 is 5.97 Å². The van der Waals surface area contributed by atoms with E-state index >= 15 is 0 Å². The molecular formula is C21H38O3S. The fraction of sp³-hybridized carbons (Fsp3) is 0.905. The van der Waals surface area contributed by atoms with Crippen LogP contribution in [0.5, 0.6) is 0 Å². The van der Waals surface area contributed by atoms with Crippen LogP contribution in [0.1, 0.15) is 103 Å². The molecular weight excluding hydrogens is 332 g/mol. The van der Waals surface area contributed by atoms with Crippen LogP contribution in [0.25, 0.3) is 0 Å². The van der Waals surface area contributed by atoms with E-state index in [1.807, 2.05) is 11.8 Å². The number of carboxylic acids is 1. The van der Waals surface area contributed by atoms with Gasteiger partial charge in [0.1, 0.15) is 5.78 Å². The van der Waals surface area contributed by atoms with Crippen molar-refractivity contribution < 1.29 is 14.7 Å². The number of ketones is 1. The van der Waals surface area contributed by atoms with Crippen LogP contribution in [0, 0.1) is 5.92 Å². The molecule has 146 valence electrons. The minimum absolute atomic E-state index is 0.272. The SMILES string of the molecule is CCCCCCCCCSC1CCC(=O)C1CCCCCCC(=O)O. The molecule has 0 aromatic rings. The van der Waals surface area contributed by atoms with E-state index in [9.17, 15) is 9.59 Å². The van der Waals surface area contributed by atoms with Gasteiger partial charge in [-0.05, 0) is 31.4 Å². The Morgan fingerprint density at radius 1 is 1.00 bits per heavy atom. The second-order valence-electron chi connectivity index (χ2n) is 7.49. The van der Waals surface area contributed by atoms with Gasteiger partial charge in [0.15, 0.2) is 0 Å². The number of thioether (sulfide) groups is 1. The Hall–Kier alpha value is -0.510. The number of aliphatic carboxylic acids is 1. The van der Waals surface area contributed by atoms with E-state index in [0.29, 0.717) is 11.0 Å². The van der Waals surface area contributed by atoms with Crippen LogP contribution in [0.3, 0.4) is 0 Å². The monoisotopic (exact) mass is 370 g/mol. The van der Waals surface area contributed by atoms with Crippen LogP contribution in [-0.4, -0.2) is 27.9 Å². The second-order valence-corrected chi connectivity index (χ2v) is 8.84. The molecule has 0 saturated heterocycles. The molecule has 0 heterocycles. The highest BCUT2D eigenvalue weighted by Gasteiger charge is 2.33. The van der Waals surface area contributed by atoms with E-state index in [1.54, 1.807) is 0 Å². The van der Waals surface area contributed by atoms with Crippen LogP contribution in [-0.2, 0) is 9.59 Å². The normalized spacial score (nSPS) is 20.3. The maximum atomic E-state index is 12.1. The summed E-state index contributed by atoms with van der Waals surface area (Å²) in [5, 5.41) is 9.19. The molecule has 1 rings (SSSR count). The third-order valence-corrected chi connectivity index (χ3v) is 6.79. The number of carboxylic acid groups (broad SMARTS) is 1. The summed E-state index contributed by atoms with van der Waals surface area (Å²) in [6, 6.07) is 0. The molecule has 1 fully saturated rings. The summed E-state index contributed by atoms with van der Waals surface area (Å²) in [6.07, 6.45) is 16.5. The zero-order valence-electron chi connectivity index (χ0n) is 16.1. The minimum Gasteiger partial charge on any atom is -0.481 e. The molecule has 2 atom stereocenters. The molecule has 0 radical (unpaired) electrons. The molecule has 1 aliphatic rings. The van der Waals surface area contributed by atoms with E-state index in [0.717, 1.165) is 44.9 Å². The Morgan fingerprint density at radius 3 is 2.36 bits per heavy atom. The van der Waals surface area contributed by atoms with Crippen molar-refractivity contribution in [1.29, 1.82) is 0 Å². The number of unbranched alkanes of at least 4 members (excludes halogenated alkanes) is 9. The second kappa shape index (κ2) is 14.6. The standard InChI is InChI=1S/C21H38O3S/c1-2-3-4-5-6-9-12-17-25-20-16-15-19(22)18(20)13-10-7-8-11-14-21(23)24/h18,20H,2-17H2,1H3,(H,23,24). The molecule has 4 heteroatoms. The summed E-state index contributed by atoms with van der Waals surface area (Å²) in [5.74, 6) is 1.25. The number of Topliss-reactive ketones (excluding diaryl/α,β-unsaturated/α-hetero) is 1. The van der Waals surface area contributed by atoms with E-state index in [1.165, 1.54) is 50.7 Å². The van der Waals surface area contributed by atoms with Gasteiger partial charge in [0, 0.05) is 24.0 Å². The lowest BCUT2D eigenvalue weighted by Gasteiger charge is -2.18. The zero-order chi connectivity index (χ0) is 18.3. The van der Waals surface area contributed by atoms with Gasteiger partial charge < -0.3 is 5.11 Å². The van der Waals surface area contributed by atoms with Gasteiger partial charge in [-0.3, -0.25) is 9.59 Å². The number of carbonyl (C=O) groups excluding carboxylic acids is 1. The van der Waals surface area contributed by atoms with E-state index in [-0.39, 0.29) is 12.3 Å². The molecule has 0 aliphatic heterocycles. The van der Waals surface area contributed by atoms with Crippen molar-refractivity contribution >= 4 is 23.5 Å². The third-order valence-electron chi connectivity index (χ3n) is 5.27. The van der Waals surface area contributed by atoms with Crippen LogP contribution >= 0.6 is 11.8 Å². The lowest BCUT2D eigenvalue weighted by Crippen LogP contribution is -2.17. The van der Waals surface area contributed by atoms with Crippen molar-refractivity contribution in [2.24, 2.45) is 5.92 Å². The van der Waals surface area contributed by atoms with E-state index < -0.39 is 5.97 Å². The topological polar surface area (TPSA) is 54.4 Å². The Labute approximate surface area is 158 Å². The van der Waals surface area contributed by atoms with Gasteiger partial charge in [-0.2, -0.15) is 11.8 Å². The average molecular weight is 371 g/mol. The van der Waals surface area contributed by atoms with Crippen molar-refractivity contribution in [2.45, 2.75) is 108 Å². The molecule has 1 N–H and O–H groups in total. The van der Waals surface area contributed by atoms with Crippen LogP contribution < -0.4 is 0 Å². The van der Waals surface area contributed by atoms with Gasteiger partial charge in [-0.15, -0.1) is 0 Å². The minimum atomic E-state index is -0.701. The van der Waals surface area contributed by atoms with Crippen molar-refractivity contribution in [2.75, 3.05) is 5.75 Å². The zero-order valence-corrected chi connectivity index (χ0v) is 17.0. The lowest BCUT2D eigenvalue weighted by atomic mass is 9.98. The Bertz CT molecular complexity index is 370.